The minimum Gasteiger partial charge on any atom is -0.505 e. The van der Waals surface area contributed by atoms with Crippen molar-refractivity contribution in [3.8, 4) is 0 Å². The Morgan fingerprint density at radius 1 is 1.02 bits per heavy atom. The Bertz CT molecular complexity index is 1860. The van der Waals surface area contributed by atoms with Crippen LogP contribution in [-0.4, -0.2) is 49.5 Å². The molecule has 3 aromatic heterocycles. The highest BCUT2D eigenvalue weighted by Gasteiger charge is 2.49. The lowest BCUT2D eigenvalue weighted by molar-refractivity contribution is -0.132. The van der Waals surface area contributed by atoms with E-state index in [0.717, 1.165) is 5.56 Å². The average molecular weight is 598 g/mol. The third-order valence-electron chi connectivity index (χ3n) is 6.83. The molecular formula is C30H23N5O5S2. The molecule has 0 aliphatic carbocycles. The highest BCUT2D eigenvalue weighted by molar-refractivity contribution is 8.00. The van der Waals surface area contributed by atoms with Crippen LogP contribution in [-0.2, 0) is 20.1 Å². The summed E-state index contributed by atoms with van der Waals surface area (Å²) >= 11 is 2.65. The van der Waals surface area contributed by atoms with Gasteiger partial charge in [-0.2, -0.15) is 0 Å². The van der Waals surface area contributed by atoms with E-state index in [1.807, 2.05) is 36.4 Å². The van der Waals surface area contributed by atoms with Crippen molar-refractivity contribution in [2.45, 2.75) is 23.1 Å². The van der Waals surface area contributed by atoms with Crippen molar-refractivity contribution < 1.29 is 24.2 Å². The molecule has 1 fully saturated rings. The first-order chi connectivity index (χ1) is 20.4. The summed E-state index contributed by atoms with van der Waals surface area (Å²) in [6.45, 7) is 1.72. The fourth-order valence-electron chi connectivity index (χ4n) is 4.87. The third-order valence-corrected chi connectivity index (χ3v) is 8.95. The van der Waals surface area contributed by atoms with Crippen LogP contribution in [0.15, 0.2) is 88.9 Å². The SMILES string of the molecule is COC(=O)c1ccc(C2/C(=C(\O)c3c(C)nc4ccccn34)C(=O)C(=O)N2c2nnc(SCc3ccccc3)s2)cc1. The molecule has 210 valence electrons. The largest absolute Gasteiger partial charge is 0.505 e. The van der Waals surface area contributed by atoms with Gasteiger partial charge in [0.25, 0.3) is 5.78 Å². The molecule has 10 nitrogen and oxygen atoms in total. The lowest BCUT2D eigenvalue weighted by Gasteiger charge is -2.22. The number of hydrogen-bond donors (Lipinski definition) is 1. The maximum Gasteiger partial charge on any atom is 0.337 e. The molecule has 0 radical (unpaired) electrons. The number of carbonyl (C=O) groups excluding carboxylic acids is 3. The van der Waals surface area contributed by atoms with E-state index in [4.69, 9.17) is 4.74 Å². The van der Waals surface area contributed by atoms with Gasteiger partial charge >= 0.3 is 11.9 Å². The minimum absolute atomic E-state index is 0.117. The van der Waals surface area contributed by atoms with Crippen LogP contribution in [0.5, 0.6) is 0 Å². The molecule has 4 heterocycles. The van der Waals surface area contributed by atoms with Crippen molar-refractivity contribution in [3.05, 3.63) is 113 Å². The number of nitrogens with zero attached hydrogens (tertiary/aromatic N) is 5. The first kappa shape index (κ1) is 27.4. The predicted molar refractivity (Wildman–Crippen MR) is 158 cm³/mol. The predicted octanol–water partition coefficient (Wildman–Crippen LogP) is 5.20. The fraction of sp³-hybridized carbons (Fsp3) is 0.133. The Labute approximate surface area is 248 Å². The van der Waals surface area contributed by atoms with E-state index < -0.39 is 23.7 Å². The van der Waals surface area contributed by atoms with Crippen LogP contribution < -0.4 is 4.90 Å². The summed E-state index contributed by atoms with van der Waals surface area (Å²) in [5.41, 5.74) is 3.14. The quantitative estimate of drug-likeness (QED) is 0.0673. The second kappa shape index (κ2) is 11.2. The molecule has 1 aliphatic rings. The number of aryl methyl sites for hydroxylation is 1. The molecular weight excluding hydrogens is 574 g/mol. The molecule has 1 amide bonds. The number of amides is 1. The second-order valence-electron chi connectivity index (χ2n) is 9.38. The highest BCUT2D eigenvalue weighted by atomic mass is 32.2. The molecule has 1 aliphatic heterocycles. The van der Waals surface area contributed by atoms with Crippen LogP contribution in [0.25, 0.3) is 11.4 Å². The fourth-order valence-corrected chi connectivity index (χ4v) is 6.69. The van der Waals surface area contributed by atoms with Gasteiger partial charge in [-0.1, -0.05) is 71.6 Å². The number of thioether (sulfide) groups is 1. The summed E-state index contributed by atoms with van der Waals surface area (Å²) in [5, 5.41) is 20.4. The second-order valence-corrected chi connectivity index (χ2v) is 11.6. The van der Waals surface area contributed by atoms with Crippen LogP contribution in [0.4, 0.5) is 5.13 Å². The summed E-state index contributed by atoms with van der Waals surface area (Å²) in [6, 6.07) is 20.5. The lowest BCUT2D eigenvalue weighted by Crippen LogP contribution is -2.29. The number of aliphatic hydroxyl groups is 1. The molecule has 5 aromatic rings. The Morgan fingerprint density at radius 3 is 2.50 bits per heavy atom. The standard InChI is InChI=1S/C30H23N5O5S2/c1-17-23(34-15-7-6-10-21(34)31-17)25(36)22-24(19-11-13-20(14-12-19)28(39)40-2)35(27(38)26(22)37)29-32-33-30(42-29)41-16-18-8-4-3-5-9-18/h3-15,24,36H,16H2,1-2H3/b25-22+. The lowest BCUT2D eigenvalue weighted by atomic mass is 9.95. The van der Waals surface area contributed by atoms with Crippen LogP contribution >= 0.6 is 23.1 Å². The maximum atomic E-state index is 13.6. The van der Waals surface area contributed by atoms with E-state index in [9.17, 15) is 19.5 Å². The van der Waals surface area contributed by atoms with Crippen LogP contribution in [0.2, 0.25) is 0 Å². The molecule has 6 rings (SSSR count). The number of aromatic nitrogens is 4. The number of Topliss-reactive ketones (excluding diaryl/α,β-unsaturated/α-hetero) is 1. The smallest absolute Gasteiger partial charge is 0.337 e. The molecule has 12 heteroatoms. The van der Waals surface area contributed by atoms with Gasteiger partial charge in [0.15, 0.2) is 10.1 Å². The number of hydrogen-bond acceptors (Lipinski definition) is 10. The molecule has 1 unspecified atom stereocenters. The maximum absolute atomic E-state index is 13.6. The van der Waals surface area contributed by atoms with E-state index >= 15 is 0 Å². The number of methoxy groups -OCH3 is 1. The van der Waals surface area contributed by atoms with E-state index in [-0.39, 0.29) is 16.5 Å². The van der Waals surface area contributed by atoms with Crippen molar-refractivity contribution in [1.82, 2.24) is 19.6 Å². The molecule has 1 N–H and O–H groups in total. The summed E-state index contributed by atoms with van der Waals surface area (Å²) in [4.78, 5) is 45.1. The molecule has 0 spiro atoms. The summed E-state index contributed by atoms with van der Waals surface area (Å²) in [6.07, 6.45) is 1.72. The molecule has 1 atom stereocenters. The van der Waals surface area contributed by atoms with Gasteiger partial charge in [0, 0.05) is 11.9 Å². The zero-order valence-electron chi connectivity index (χ0n) is 22.4. The number of ether oxygens (including phenoxy) is 1. The van der Waals surface area contributed by atoms with E-state index in [1.54, 1.807) is 53.9 Å². The first-order valence-electron chi connectivity index (χ1n) is 12.8. The van der Waals surface area contributed by atoms with Gasteiger partial charge in [0.05, 0.1) is 30.0 Å². The first-order valence-corrected chi connectivity index (χ1v) is 14.6. The van der Waals surface area contributed by atoms with Crippen molar-refractivity contribution >= 4 is 57.3 Å². The number of fused-ring (bicyclic) bond motifs is 1. The van der Waals surface area contributed by atoms with Gasteiger partial charge in [0.2, 0.25) is 5.13 Å². The van der Waals surface area contributed by atoms with Crippen molar-refractivity contribution in [3.63, 3.8) is 0 Å². The number of ketones is 1. The summed E-state index contributed by atoms with van der Waals surface area (Å²) in [7, 11) is 1.28. The number of esters is 1. The van der Waals surface area contributed by atoms with Crippen molar-refractivity contribution in [1.29, 1.82) is 0 Å². The van der Waals surface area contributed by atoms with Crippen molar-refractivity contribution in [2.24, 2.45) is 0 Å². The number of rotatable bonds is 7. The topological polar surface area (TPSA) is 127 Å². The molecule has 0 saturated carbocycles. The average Bonchev–Trinajstić information content (AvgIpc) is 3.69. The number of anilines is 1. The Balaban J connectivity index is 1.46. The Kier molecular flexibility index (Phi) is 7.31. The van der Waals surface area contributed by atoms with E-state index in [1.165, 1.54) is 35.1 Å². The van der Waals surface area contributed by atoms with Gasteiger partial charge in [-0.15, -0.1) is 10.2 Å². The zero-order valence-corrected chi connectivity index (χ0v) is 24.1. The number of carbonyl (C=O) groups is 3. The molecule has 0 bridgehead atoms. The third kappa shape index (κ3) is 4.84. The van der Waals surface area contributed by atoms with E-state index in [2.05, 4.69) is 15.2 Å². The van der Waals surface area contributed by atoms with Gasteiger partial charge in [-0.25, -0.2) is 9.78 Å². The van der Waals surface area contributed by atoms with Gasteiger partial charge in [-0.3, -0.25) is 18.9 Å². The van der Waals surface area contributed by atoms with Gasteiger partial charge in [0.1, 0.15) is 11.3 Å². The Hall–Kier alpha value is -4.81. The summed E-state index contributed by atoms with van der Waals surface area (Å²) < 4.78 is 7.09. The molecule has 1 saturated heterocycles. The molecule has 2 aromatic carbocycles. The number of imidazole rings is 1. The zero-order chi connectivity index (χ0) is 29.4. The highest BCUT2D eigenvalue weighted by Crippen LogP contribution is 2.44. The summed E-state index contributed by atoms with van der Waals surface area (Å²) in [5.74, 6) is -1.95. The molecule has 42 heavy (non-hydrogen) atoms. The van der Waals surface area contributed by atoms with Gasteiger partial charge in [-0.05, 0) is 42.3 Å². The van der Waals surface area contributed by atoms with E-state index in [0.29, 0.717) is 38.3 Å². The van der Waals surface area contributed by atoms with Gasteiger partial charge < -0.3 is 9.84 Å². The normalized spacial score (nSPS) is 16.3. The number of benzene rings is 2. The van der Waals surface area contributed by atoms with Crippen LogP contribution in [0, 0.1) is 6.92 Å². The van der Waals surface area contributed by atoms with Crippen LogP contribution in [0.3, 0.4) is 0 Å². The number of pyridine rings is 1. The van der Waals surface area contributed by atoms with Crippen molar-refractivity contribution in [2.75, 3.05) is 12.0 Å². The monoisotopic (exact) mass is 597 g/mol. The van der Waals surface area contributed by atoms with Crippen LogP contribution in [0.1, 0.15) is 38.9 Å². The minimum atomic E-state index is -1.04. The number of aliphatic hydroxyl groups excluding tert-OH is 1. The Morgan fingerprint density at radius 2 is 1.76 bits per heavy atom.